The van der Waals surface area contributed by atoms with E-state index in [9.17, 15) is 9.90 Å². The topological polar surface area (TPSA) is 64.3 Å². The minimum absolute atomic E-state index is 0.0590. The van der Waals surface area contributed by atoms with E-state index in [2.05, 4.69) is 9.84 Å². The van der Waals surface area contributed by atoms with Crippen molar-refractivity contribution in [2.75, 3.05) is 13.7 Å². The number of aromatic nitrogens is 2. The van der Waals surface area contributed by atoms with Gasteiger partial charge in [0.2, 0.25) is 0 Å². The van der Waals surface area contributed by atoms with Crippen molar-refractivity contribution in [3.8, 4) is 0 Å². The molecule has 1 rings (SSSR count). The van der Waals surface area contributed by atoms with Crippen LogP contribution in [0, 0.1) is 0 Å². The number of carbonyl (C=O) groups excluding carboxylic acids is 1. The fourth-order valence-corrected chi connectivity index (χ4v) is 1.57. The van der Waals surface area contributed by atoms with Gasteiger partial charge in [0.15, 0.2) is 0 Å². The molecule has 0 saturated heterocycles. The number of methoxy groups -OCH3 is 1. The van der Waals surface area contributed by atoms with Crippen LogP contribution >= 0.6 is 0 Å². The summed E-state index contributed by atoms with van der Waals surface area (Å²) in [4.78, 5) is 11.5. The first-order chi connectivity index (χ1) is 6.94. The molecule has 1 aromatic heterocycles. The van der Waals surface area contributed by atoms with Crippen molar-refractivity contribution < 1.29 is 14.6 Å². The molecule has 0 spiro atoms. The summed E-state index contributed by atoms with van der Waals surface area (Å²) in [6.45, 7) is 3.63. The molecule has 0 aliphatic heterocycles. The minimum Gasteiger partial charge on any atom is -0.465 e. The Morgan fingerprint density at radius 2 is 2.27 bits per heavy atom. The Hall–Kier alpha value is -1.36. The first-order valence-corrected chi connectivity index (χ1v) is 4.65. The van der Waals surface area contributed by atoms with Gasteiger partial charge in [0.05, 0.1) is 25.6 Å². The van der Waals surface area contributed by atoms with E-state index < -0.39 is 11.4 Å². The maximum absolute atomic E-state index is 11.5. The Kier molecular flexibility index (Phi) is 3.14. The lowest BCUT2D eigenvalue weighted by atomic mass is 9.88. The van der Waals surface area contributed by atoms with Gasteiger partial charge in [-0.3, -0.25) is 4.68 Å². The van der Waals surface area contributed by atoms with Crippen molar-refractivity contribution in [3.05, 3.63) is 17.5 Å². The van der Waals surface area contributed by atoms with E-state index in [1.165, 1.54) is 13.3 Å². The van der Waals surface area contributed by atoms with Gasteiger partial charge in [-0.15, -0.1) is 0 Å². The minimum atomic E-state index is -0.519. The fourth-order valence-electron chi connectivity index (χ4n) is 1.57. The Labute approximate surface area is 88.7 Å². The highest BCUT2D eigenvalue weighted by molar-refractivity contribution is 5.90. The molecule has 0 radical (unpaired) electrons. The number of nitrogens with zero attached hydrogens (tertiary/aromatic N) is 2. The first-order valence-electron chi connectivity index (χ1n) is 4.65. The summed E-state index contributed by atoms with van der Waals surface area (Å²) in [5.74, 6) is -0.431. The highest BCUT2D eigenvalue weighted by atomic mass is 16.5. The van der Waals surface area contributed by atoms with Crippen molar-refractivity contribution in [1.82, 2.24) is 9.78 Å². The molecular formula is C10H16N2O3. The average molecular weight is 212 g/mol. The molecule has 5 nitrogen and oxygen atoms in total. The summed E-state index contributed by atoms with van der Waals surface area (Å²) in [7, 11) is 3.06. The van der Waals surface area contributed by atoms with Crippen LogP contribution in [0.4, 0.5) is 0 Å². The zero-order chi connectivity index (χ0) is 11.6. The molecule has 0 bridgehead atoms. The van der Waals surface area contributed by atoms with Crippen molar-refractivity contribution in [3.63, 3.8) is 0 Å². The highest BCUT2D eigenvalue weighted by Gasteiger charge is 2.29. The zero-order valence-corrected chi connectivity index (χ0v) is 9.44. The van der Waals surface area contributed by atoms with E-state index in [0.29, 0.717) is 11.3 Å². The Morgan fingerprint density at radius 3 is 2.73 bits per heavy atom. The Morgan fingerprint density at radius 1 is 1.67 bits per heavy atom. The van der Waals surface area contributed by atoms with Gasteiger partial charge in [-0.1, -0.05) is 13.8 Å². The molecule has 0 saturated carbocycles. The van der Waals surface area contributed by atoms with Crippen molar-refractivity contribution >= 4 is 5.97 Å². The molecule has 0 aromatic carbocycles. The van der Waals surface area contributed by atoms with Crippen LogP contribution in [0.5, 0.6) is 0 Å². The lowest BCUT2D eigenvalue weighted by Gasteiger charge is -2.23. The zero-order valence-electron chi connectivity index (χ0n) is 9.44. The molecule has 5 heteroatoms. The number of ether oxygens (including phenoxy) is 1. The maximum atomic E-state index is 11.5. The lowest BCUT2D eigenvalue weighted by molar-refractivity contribution is 0.0596. The summed E-state index contributed by atoms with van der Waals surface area (Å²) >= 11 is 0. The van der Waals surface area contributed by atoms with E-state index in [4.69, 9.17) is 0 Å². The predicted octanol–water partition coefficient (Wildman–Crippen LogP) is 0.477. The molecule has 15 heavy (non-hydrogen) atoms. The number of aryl methyl sites for hydroxylation is 1. The number of esters is 1. The third-order valence-corrected chi connectivity index (χ3v) is 2.38. The second-order valence-corrected chi connectivity index (χ2v) is 4.06. The number of aliphatic hydroxyl groups is 1. The smallest absolute Gasteiger partial charge is 0.341 e. The van der Waals surface area contributed by atoms with Gasteiger partial charge in [-0.05, 0) is 0 Å². The second kappa shape index (κ2) is 4.02. The fraction of sp³-hybridized carbons (Fsp3) is 0.600. The molecule has 0 atom stereocenters. The number of hydrogen-bond acceptors (Lipinski definition) is 4. The van der Waals surface area contributed by atoms with E-state index in [1.807, 2.05) is 13.8 Å². The molecule has 0 amide bonds. The van der Waals surface area contributed by atoms with E-state index in [0.717, 1.165) is 0 Å². The Balaban J connectivity index is 3.27. The van der Waals surface area contributed by atoms with Crippen LogP contribution in [-0.2, 0) is 17.2 Å². The van der Waals surface area contributed by atoms with Gasteiger partial charge < -0.3 is 9.84 Å². The molecule has 1 aromatic rings. The van der Waals surface area contributed by atoms with Crippen LogP contribution in [0.25, 0.3) is 0 Å². The lowest BCUT2D eigenvalue weighted by Crippen LogP contribution is -2.28. The maximum Gasteiger partial charge on any atom is 0.341 e. The molecule has 84 valence electrons. The number of aliphatic hydroxyl groups excluding tert-OH is 1. The van der Waals surface area contributed by atoms with Gasteiger partial charge in [0.1, 0.15) is 5.56 Å². The van der Waals surface area contributed by atoms with Gasteiger partial charge in [-0.2, -0.15) is 5.10 Å². The molecule has 1 N–H and O–H groups in total. The third-order valence-electron chi connectivity index (χ3n) is 2.38. The molecular weight excluding hydrogens is 196 g/mol. The van der Waals surface area contributed by atoms with Crippen LogP contribution < -0.4 is 0 Å². The Bertz CT molecular complexity index is 369. The number of carbonyl (C=O) groups is 1. The third kappa shape index (κ3) is 2.02. The number of rotatable bonds is 3. The van der Waals surface area contributed by atoms with Crippen molar-refractivity contribution in [1.29, 1.82) is 0 Å². The molecule has 0 fully saturated rings. The quantitative estimate of drug-likeness (QED) is 0.740. The molecule has 1 heterocycles. The number of hydrogen-bond donors (Lipinski definition) is 1. The average Bonchev–Trinajstić information content (AvgIpc) is 2.59. The summed E-state index contributed by atoms with van der Waals surface area (Å²) in [5.41, 5.74) is 0.560. The van der Waals surface area contributed by atoms with Crippen molar-refractivity contribution in [2.24, 2.45) is 7.05 Å². The van der Waals surface area contributed by atoms with E-state index in [1.54, 1.807) is 11.7 Å². The van der Waals surface area contributed by atoms with Gasteiger partial charge in [0.25, 0.3) is 0 Å². The van der Waals surface area contributed by atoms with Crippen LogP contribution in [0.2, 0.25) is 0 Å². The van der Waals surface area contributed by atoms with Crippen LogP contribution in [0.3, 0.4) is 0 Å². The highest BCUT2D eigenvalue weighted by Crippen LogP contribution is 2.25. The molecule has 0 aliphatic carbocycles. The second-order valence-electron chi connectivity index (χ2n) is 4.06. The van der Waals surface area contributed by atoms with Crippen LogP contribution in [0.15, 0.2) is 6.20 Å². The SMILES string of the molecule is COC(=O)c1cnn(C)c1C(C)(C)CO. The molecule has 0 unspecified atom stereocenters. The summed E-state index contributed by atoms with van der Waals surface area (Å²) in [6, 6.07) is 0. The summed E-state index contributed by atoms with van der Waals surface area (Å²) in [5, 5.41) is 13.3. The molecule has 0 aliphatic rings. The van der Waals surface area contributed by atoms with E-state index in [-0.39, 0.29) is 6.61 Å². The predicted molar refractivity (Wildman–Crippen MR) is 54.7 cm³/mol. The largest absolute Gasteiger partial charge is 0.465 e. The van der Waals surface area contributed by atoms with Crippen LogP contribution in [0.1, 0.15) is 29.9 Å². The van der Waals surface area contributed by atoms with Crippen molar-refractivity contribution in [2.45, 2.75) is 19.3 Å². The van der Waals surface area contributed by atoms with Gasteiger partial charge in [-0.25, -0.2) is 4.79 Å². The summed E-state index contributed by atoms with van der Waals surface area (Å²) in [6.07, 6.45) is 1.46. The first kappa shape index (κ1) is 11.7. The van der Waals surface area contributed by atoms with Gasteiger partial charge >= 0.3 is 5.97 Å². The van der Waals surface area contributed by atoms with E-state index >= 15 is 0 Å². The van der Waals surface area contributed by atoms with Crippen LogP contribution in [-0.4, -0.2) is 34.6 Å². The summed E-state index contributed by atoms with van der Waals surface area (Å²) < 4.78 is 6.24. The van der Waals surface area contributed by atoms with Gasteiger partial charge in [0, 0.05) is 12.5 Å². The standard InChI is InChI=1S/C10H16N2O3/c1-10(2,6-13)8-7(9(14)15-4)5-11-12(8)3/h5,13H,6H2,1-4H3. The monoisotopic (exact) mass is 212 g/mol. The normalized spacial score (nSPS) is 11.5.